The van der Waals surface area contributed by atoms with Crippen LogP contribution in [-0.4, -0.2) is 35.9 Å². The Morgan fingerprint density at radius 3 is 2.94 bits per heavy atom. The van der Waals surface area contributed by atoms with E-state index in [1.165, 1.54) is 0 Å². The van der Waals surface area contributed by atoms with Gasteiger partial charge in [-0.3, -0.25) is 9.78 Å². The molecule has 2 heterocycles. The molecule has 86 valence electrons. The SMILES string of the molecule is CNCc1ccnc(C(=O)N2CCCC2)c1. The summed E-state index contributed by atoms with van der Waals surface area (Å²) >= 11 is 0. The van der Waals surface area contributed by atoms with Crippen LogP contribution in [0.4, 0.5) is 0 Å². The molecule has 0 bridgehead atoms. The summed E-state index contributed by atoms with van der Waals surface area (Å²) in [6, 6.07) is 3.80. The van der Waals surface area contributed by atoms with Gasteiger partial charge >= 0.3 is 0 Å². The van der Waals surface area contributed by atoms with Crippen LogP contribution in [0.5, 0.6) is 0 Å². The van der Waals surface area contributed by atoms with Crippen LogP contribution in [0.3, 0.4) is 0 Å². The summed E-state index contributed by atoms with van der Waals surface area (Å²) < 4.78 is 0. The highest BCUT2D eigenvalue weighted by atomic mass is 16.2. The summed E-state index contributed by atoms with van der Waals surface area (Å²) in [6.45, 7) is 2.51. The van der Waals surface area contributed by atoms with E-state index in [0.29, 0.717) is 5.69 Å². The van der Waals surface area contributed by atoms with Crippen LogP contribution < -0.4 is 5.32 Å². The van der Waals surface area contributed by atoms with Crippen LogP contribution in [0.25, 0.3) is 0 Å². The Hall–Kier alpha value is -1.42. The molecule has 0 spiro atoms. The van der Waals surface area contributed by atoms with E-state index in [0.717, 1.165) is 38.0 Å². The zero-order valence-electron chi connectivity index (χ0n) is 9.57. The van der Waals surface area contributed by atoms with Crippen molar-refractivity contribution in [2.24, 2.45) is 0 Å². The maximum atomic E-state index is 12.0. The van der Waals surface area contributed by atoms with Crippen molar-refractivity contribution in [2.45, 2.75) is 19.4 Å². The average molecular weight is 219 g/mol. The minimum atomic E-state index is 0.0652. The molecule has 1 saturated heterocycles. The van der Waals surface area contributed by atoms with Crippen LogP contribution in [0.2, 0.25) is 0 Å². The fourth-order valence-electron chi connectivity index (χ4n) is 1.99. The molecular weight excluding hydrogens is 202 g/mol. The molecular formula is C12H17N3O. The zero-order valence-corrected chi connectivity index (χ0v) is 9.57. The summed E-state index contributed by atoms with van der Waals surface area (Å²) in [6.07, 6.45) is 3.93. The fourth-order valence-corrected chi connectivity index (χ4v) is 1.99. The third-order valence-corrected chi connectivity index (χ3v) is 2.82. The van der Waals surface area contributed by atoms with Gasteiger partial charge in [0.25, 0.3) is 5.91 Å². The van der Waals surface area contributed by atoms with Crippen molar-refractivity contribution in [1.82, 2.24) is 15.2 Å². The molecule has 0 radical (unpaired) electrons. The zero-order chi connectivity index (χ0) is 11.4. The first-order chi connectivity index (χ1) is 7.81. The Morgan fingerprint density at radius 1 is 1.50 bits per heavy atom. The minimum Gasteiger partial charge on any atom is -0.337 e. The third-order valence-electron chi connectivity index (χ3n) is 2.82. The standard InChI is InChI=1S/C12H17N3O/c1-13-9-10-4-5-14-11(8-10)12(16)15-6-2-3-7-15/h4-5,8,13H,2-3,6-7,9H2,1H3. The van der Waals surface area contributed by atoms with E-state index in [2.05, 4.69) is 10.3 Å². The van der Waals surface area contributed by atoms with E-state index in [-0.39, 0.29) is 5.91 Å². The third kappa shape index (κ3) is 2.39. The number of nitrogens with zero attached hydrogens (tertiary/aromatic N) is 2. The predicted molar refractivity (Wildman–Crippen MR) is 62.1 cm³/mol. The van der Waals surface area contributed by atoms with Crippen molar-refractivity contribution < 1.29 is 4.79 Å². The number of amides is 1. The summed E-state index contributed by atoms with van der Waals surface area (Å²) in [5.74, 6) is 0.0652. The smallest absolute Gasteiger partial charge is 0.272 e. The number of likely N-dealkylation sites (tertiary alicyclic amines) is 1. The van der Waals surface area contributed by atoms with Gasteiger partial charge in [-0.2, -0.15) is 0 Å². The molecule has 0 aliphatic carbocycles. The highest BCUT2D eigenvalue weighted by Gasteiger charge is 2.20. The predicted octanol–water partition coefficient (Wildman–Crippen LogP) is 1.04. The number of rotatable bonds is 3. The lowest BCUT2D eigenvalue weighted by atomic mass is 10.2. The minimum absolute atomic E-state index is 0.0652. The van der Waals surface area contributed by atoms with Gasteiger partial charge in [-0.25, -0.2) is 0 Å². The monoisotopic (exact) mass is 219 g/mol. The molecule has 16 heavy (non-hydrogen) atoms. The molecule has 2 rings (SSSR count). The second kappa shape index (κ2) is 5.07. The molecule has 0 unspecified atom stereocenters. The topological polar surface area (TPSA) is 45.2 Å². The molecule has 1 fully saturated rings. The Morgan fingerprint density at radius 2 is 2.25 bits per heavy atom. The van der Waals surface area contributed by atoms with Crippen LogP contribution in [0, 0.1) is 0 Å². The quantitative estimate of drug-likeness (QED) is 0.826. The van der Waals surface area contributed by atoms with Crippen LogP contribution in [-0.2, 0) is 6.54 Å². The van der Waals surface area contributed by atoms with Crippen molar-refractivity contribution in [3.63, 3.8) is 0 Å². The lowest BCUT2D eigenvalue weighted by Crippen LogP contribution is -2.28. The Bertz CT molecular complexity index is 372. The van der Waals surface area contributed by atoms with E-state index >= 15 is 0 Å². The van der Waals surface area contributed by atoms with Gasteiger partial charge in [0.1, 0.15) is 5.69 Å². The molecule has 0 aromatic carbocycles. The van der Waals surface area contributed by atoms with Gasteiger partial charge in [0.05, 0.1) is 0 Å². The van der Waals surface area contributed by atoms with Gasteiger partial charge < -0.3 is 10.2 Å². The van der Waals surface area contributed by atoms with E-state index in [4.69, 9.17) is 0 Å². The summed E-state index contributed by atoms with van der Waals surface area (Å²) in [4.78, 5) is 18.1. The highest BCUT2D eigenvalue weighted by Crippen LogP contribution is 2.12. The number of carbonyl (C=O) groups excluding carboxylic acids is 1. The largest absolute Gasteiger partial charge is 0.337 e. The molecule has 4 nitrogen and oxygen atoms in total. The number of nitrogens with one attached hydrogen (secondary N) is 1. The molecule has 4 heteroatoms. The summed E-state index contributed by atoms with van der Waals surface area (Å²) in [5, 5.41) is 3.07. The van der Waals surface area contributed by atoms with Crippen LogP contribution >= 0.6 is 0 Å². The number of pyridine rings is 1. The molecule has 1 N–H and O–H groups in total. The van der Waals surface area contributed by atoms with E-state index in [1.807, 2.05) is 24.1 Å². The fraction of sp³-hybridized carbons (Fsp3) is 0.500. The van der Waals surface area contributed by atoms with Crippen molar-refractivity contribution in [3.05, 3.63) is 29.6 Å². The van der Waals surface area contributed by atoms with Gasteiger partial charge in [0.15, 0.2) is 0 Å². The average Bonchev–Trinajstić information content (AvgIpc) is 2.82. The second-order valence-electron chi connectivity index (χ2n) is 4.08. The first-order valence-electron chi connectivity index (χ1n) is 5.70. The Labute approximate surface area is 95.7 Å². The molecule has 0 atom stereocenters. The second-order valence-corrected chi connectivity index (χ2v) is 4.08. The summed E-state index contributed by atoms with van der Waals surface area (Å²) in [7, 11) is 1.89. The van der Waals surface area contributed by atoms with Crippen molar-refractivity contribution in [3.8, 4) is 0 Å². The highest BCUT2D eigenvalue weighted by molar-refractivity contribution is 5.92. The maximum Gasteiger partial charge on any atom is 0.272 e. The molecule has 0 saturated carbocycles. The molecule has 1 aromatic heterocycles. The van der Waals surface area contributed by atoms with Gasteiger partial charge in [0.2, 0.25) is 0 Å². The molecule has 1 aliphatic heterocycles. The van der Waals surface area contributed by atoms with E-state index in [1.54, 1.807) is 6.20 Å². The van der Waals surface area contributed by atoms with Gasteiger partial charge in [-0.15, -0.1) is 0 Å². The lowest BCUT2D eigenvalue weighted by Gasteiger charge is -2.14. The Balaban J connectivity index is 2.12. The number of hydrogen-bond acceptors (Lipinski definition) is 3. The number of hydrogen-bond donors (Lipinski definition) is 1. The molecule has 1 amide bonds. The van der Waals surface area contributed by atoms with Gasteiger partial charge in [-0.05, 0) is 37.6 Å². The van der Waals surface area contributed by atoms with Gasteiger partial charge in [-0.1, -0.05) is 0 Å². The Kier molecular flexibility index (Phi) is 3.51. The van der Waals surface area contributed by atoms with Crippen molar-refractivity contribution in [2.75, 3.05) is 20.1 Å². The van der Waals surface area contributed by atoms with E-state index in [9.17, 15) is 4.79 Å². The maximum absolute atomic E-state index is 12.0. The number of aromatic nitrogens is 1. The van der Waals surface area contributed by atoms with Crippen LogP contribution in [0.15, 0.2) is 18.3 Å². The first kappa shape index (κ1) is 11.1. The number of carbonyl (C=O) groups is 1. The van der Waals surface area contributed by atoms with E-state index < -0.39 is 0 Å². The normalized spacial score (nSPS) is 15.4. The first-order valence-corrected chi connectivity index (χ1v) is 5.70. The van der Waals surface area contributed by atoms with Crippen LogP contribution in [0.1, 0.15) is 28.9 Å². The van der Waals surface area contributed by atoms with Crippen molar-refractivity contribution >= 4 is 5.91 Å². The molecule has 1 aromatic rings. The summed E-state index contributed by atoms with van der Waals surface area (Å²) in [5.41, 5.74) is 1.66. The van der Waals surface area contributed by atoms with Gasteiger partial charge in [0, 0.05) is 25.8 Å². The lowest BCUT2D eigenvalue weighted by molar-refractivity contribution is 0.0787. The molecule has 1 aliphatic rings. The van der Waals surface area contributed by atoms with Crippen molar-refractivity contribution in [1.29, 1.82) is 0 Å².